The van der Waals surface area contributed by atoms with E-state index in [1.165, 1.54) is 0 Å². The fourth-order valence-corrected chi connectivity index (χ4v) is 5.58. The standard InChI is InChI=1S/C17H19NO7P2/c19-26(18-15-7-3-1-4-8-15)21-11-17(12-22-26)13-23-27(20,24-14-17)25-16-9-5-2-6-10-16/h1-10H,11-14H2,(H,18,19). The van der Waals surface area contributed by atoms with Crippen molar-refractivity contribution in [3.05, 3.63) is 60.7 Å². The summed E-state index contributed by atoms with van der Waals surface area (Å²) in [6.45, 7) is 0.246. The molecular formula is C17H19NO7P2. The Morgan fingerprint density at radius 3 is 1.89 bits per heavy atom. The molecule has 1 N–H and O–H groups in total. The van der Waals surface area contributed by atoms with Gasteiger partial charge in [-0.1, -0.05) is 36.4 Å². The van der Waals surface area contributed by atoms with Gasteiger partial charge < -0.3 is 4.52 Å². The van der Waals surface area contributed by atoms with E-state index in [9.17, 15) is 9.13 Å². The van der Waals surface area contributed by atoms with Crippen molar-refractivity contribution in [2.45, 2.75) is 0 Å². The van der Waals surface area contributed by atoms with Gasteiger partial charge in [0.1, 0.15) is 5.75 Å². The Hall–Kier alpha value is -1.66. The van der Waals surface area contributed by atoms with Crippen molar-refractivity contribution in [1.29, 1.82) is 0 Å². The largest absolute Gasteiger partial charge is 0.530 e. The van der Waals surface area contributed by atoms with Crippen molar-refractivity contribution < 1.29 is 31.7 Å². The lowest BCUT2D eigenvalue weighted by atomic mass is 9.93. The average Bonchev–Trinajstić information content (AvgIpc) is 2.69. The molecule has 0 amide bonds. The fourth-order valence-electron chi connectivity index (χ4n) is 2.60. The average molecular weight is 411 g/mol. The zero-order valence-electron chi connectivity index (χ0n) is 14.4. The molecule has 0 saturated carbocycles. The molecule has 0 radical (unpaired) electrons. The van der Waals surface area contributed by atoms with Gasteiger partial charge in [-0.05, 0) is 24.3 Å². The molecule has 0 unspecified atom stereocenters. The number of para-hydroxylation sites is 2. The summed E-state index contributed by atoms with van der Waals surface area (Å²) in [5.74, 6) is 0.393. The first-order valence-corrected chi connectivity index (χ1v) is 11.3. The van der Waals surface area contributed by atoms with Crippen LogP contribution in [0.2, 0.25) is 0 Å². The smallest absolute Gasteiger partial charge is 0.404 e. The highest BCUT2D eigenvalue weighted by Gasteiger charge is 2.50. The van der Waals surface area contributed by atoms with Gasteiger partial charge in [-0.3, -0.25) is 23.2 Å². The van der Waals surface area contributed by atoms with Crippen LogP contribution < -0.4 is 9.61 Å². The molecule has 27 heavy (non-hydrogen) atoms. The van der Waals surface area contributed by atoms with E-state index in [0.29, 0.717) is 11.4 Å². The fraction of sp³-hybridized carbons (Fsp3) is 0.294. The van der Waals surface area contributed by atoms with Crippen molar-refractivity contribution in [3.8, 4) is 5.75 Å². The highest BCUT2D eigenvalue weighted by molar-refractivity contribution is 7.55. The zero-order chi connectivity index (χ0) is 18.8. The van der Waals surface area contributed by atoms with Crippen LogP contribution in [-0.2, 0) is 27.2 Å². The topological polar surface area (TPSA) is 92.3 Å². The molecule has 0 atom stereocenters. The molecule has 2 aliphatic rings. The van der Waals surface area contributed by atoms with Crippen molar-refractivity contribution >= 4 is 21.3 Å². The quantitative estimate of drug-likeness (QED) is 0.737. The summed E-state index contributed by atoms with van der Waals surface area (Å²) >= 11 is 0. The Bertz CT molecular complexity index is 776. The first kappa shape index (κ1) is 18.7. The number of phosphoric acid groups is 1. The minimum absolute atomic E-state index is 0.0441. The minimum atomic E-state index is -3.71. The highest BCUT2D eigenvalue weighted by Crippen LogP contribution is 2.59. The molecule has 2 aromatic rings. The molecule has 2 aliphatic heterocycles. The Morgan fingerprint density at radius 1 is 0.778 bits per heavy atom. The van der Waals surface area contributed by atoms with Crippen LogP contribution in [0.1, 0.15) is 0 Å². The second kappa shape index (κ2) is 7.40. The first-order chi connectivity index (χ1) is 13.0. The second-order valence-electron chi connectivity index (χ2n) is 6.42. The molecule has 10 heteroatoms. The van der Waals surface area contributed by atoms with E-state index in [4.69, 9.17) is 22.6 Å². The van der Waals surface area contributed by atoms with Gasteiger partial charge in [0, 0.05) is 5.69 Å². The van der Waals surface area contributed by atoms with Gasteiger partial charge in [-0.25, -0.2) is 9.13 Å². The van der Waals surface area contributed by atoms with Crippen molar-refractivity contribution in [2.24, 2.45) is 5.41 Å². The third-order valence-corrected chi connectivity index (χ3v) is 6.93. The second-order valence-corrected chi connectivity index (χ2v) is 9.75. The van der Waals surface area contributed by atoms with Crippen LogP contribution in [0.15, 0.2) is 60.7 Å². The SMILES string of the molecule is O=P1(Nc2ccccc2)OCC2(CO1)COP(=O)(Oc1ccccc1)OC2. The molecule has 4 rings (SSSR count). The lowest BCUT2D eigenvalue weighted by molar-refractivity contribution is -0.0766. The van der Waals surface area contributed by atoms with Crippen molar-refractivity contribution in [1.82, 2.24) is 0 Å². The molecular weight excluding hydrogens is 392 g/mol. The number of anilines is 1. The normalized spacial score (nSPS) is 33.5. The molecule has 2 fully saturated rings. The van der Waals surface area contributed by atoms with Crippen LogP contribution in [0, 0.1) is 5.41 Å². The molecule has 0 aromatic heterocycles. The first-order valence-electron chi connectivity index (χ1n) is 8.35. The molecule has 2 saturated heterocycles. The van der Waals surface area contributed by atoms with Gasteiger partial charge >= 0.3 is 15.6 Å². The van der Waals surface area contributed by atoms with Crippen LogP contribution in [0.3, 0.4) is 0 Å². The summed E-state index contributed by atoms with van der Waals surface area (Å²) in [4.78, 5) is 0. The van der Waals surface area contributed by atoms with Crippen LogP contribution in [0.4, 0.5) is 5.69 Å². The van der Waals surface area contributed by atoms with Crippen LogP contribution in [0.5, 0.6) is 5.75 Å². The van der Waals surface area contributed by atoms with Crippen molar-refractivity contribution in [3.63, 3.8) is 0 Å². The maximum atomic E-state index is 12.7. The van der Waals surface area contributed by atoms with Gasteiger partial charge in [0.15, 0.2) is 0 Å². The molecule has 2 aromatic carbocycles. The number of phosphoric ester groups is 1. The summed E-state index contributed by atoms with van der Waals surface area (Å²) in [6, 6.07) is 17.7. The highest BCUT2D eigenvalue weighted by atomic mass is 31.2. The molecule has 8 nitrogen and oxygen atoms in total. The number of hydrogen-bond acceptors (Lipinski definition) is 7. The van der Waals surface area contributed by atoms with Gasteiger partial charge in [0.05, 0.1) is 31.8 Å². The Kier molecular flexibility index (Phi) is 5.12. The maximum absolute atomic E-state index is 12.7. The molecule has 0 aliphatic carbocycles. The lowest BCUT2D eigenvalue weighted by Crippen LogP contribution is -2.46. The van der Waals surface area contributed by atoms with E-state index in [-0.39, 0.29) is 26.4 Å². The van der Waals surface area contributed by atoms with Crippen LogP contribution in [-0.4, -0.2) is 26.4 Å². The van der Waals surface area contributed by atoms with Gasteiger partial charge in [0.2, 0.25) is 0 Å². The third kappa shape index (κ3) is 4.43. The molecule has 2 heterocycles. The molecule has 0 bridgehead atoms. The van der Waals surface area contributed by atoms with E-state index in [1.54, 1.807) is 36.4 Å². The van der Waals surface area contributed by atoms with Crippen LogP contribution >= 0.6 is 15.6 Å². The van der Waals surface area contributed by atoms with E-state index >= 15 is 0 Å². The monoisotopic (exact) mass is 411 g/mol. The molecule has 1 spiro atoms. The lowest BCUT2D eigenvalue weighted by Gasteiger charge is -2.42. The van der Waals surface area contributed by atoms with E-state index in [0.717, 1.165) is 0 Å². The number of hydrogen-bond donors (Lipinski definition) is 1. The number of nitrogens with one attached hydrogen (secondary N) is 1. The molecule has 144 valence electrons. The summed E-state index contributed by atoms with van der Waals surface area (Å²) < 4.78 is 52.4. The number of benzene rings is 2. The van der Waals surface area contributed by atoms with Crippen LogP contribution in [0.25, 0.3) is 0 Å². The van der Waals surface area contributed by atoms with Gasteiger partial charge in [-0.2, -0.15) is 0 Å². The van der Waals surface area contributed by atoms with E-state index in [2.05, 4.69) is 5.09 Å². The third-order valence-electron chi connectivity index (χ3n) is 4.14. The summed E-state index contributed by atoms with van der Waals surface area (Å²) in [6.07, 6.45) is 0. The Balaban J connectivity index is 1.35. The van der Waals surface area contributed by atoms with Crippen molar-refractivity contribution in [2.75, 3.05) is 31.5 Å². The van der Waals surface area contributed by atoms with Gasteiger partial charge in [0.25, 0.3) is 0 Å². The number of rotatable bonds is 4. The predicted molar refractivity (Wildman–Crippen MR) is 98.6 cm³/mol. The summed E-state index contributed by atoms with van der Waals surface area (Å²) in [5.41, 5.74) is -0.0612. The van der Waals surface area contributed by atoms with E-state index in [1.807, 2.05) is 24.3 Å². The van der Waals surface area contributed by atoms with E-state index < -0.39 is 21.0 Å². The Morgan fingerprint density at radius 2 is 1.30 bits per heavy atom. The Labute approximate surface area is 156 Å². The maximum Gasteiger partial charge on any atom is 0.530 e. The minimum Gasteiger partial charge on any atom is -0.404 e. The summed E-state index contributed by atoms with van der Waals surface area (Å²) in [7, 11) is -7.19. The van der Waals surface area contributed by atoms with Gasteiger partial charge in [-0.15, -0.1) is 0 Å². The predicted octanol–water partition coefficient (Wildman–Crippen LogP) is 4.47. The zero-order valence-corrected chi connectivity index (χ0v) is 16.1. The summed E-state index contributed by atoms with van der Waals surface area (Å²) in [5, 5.41) is 2.78.